The summed E-state index contributed by atoms with van der Waals surface area (Å²) in [6, 6.07) is 3.24. The Hall–Kier alpha value is -3.13. The summed E-state index contributed by atoms with van der Waals surface area (Å²) in [5.41, 5.74) is -4.35. The van der Waals surface area contributed by atoms with Gasteiger partial charge in [-0.15, -0.1) is 10.2 Å². The Kier molecular flexibility index (Phi) is 8.70. The van der Waals surface area contributed by atoms with Gasteiger partial charge in [0.15, 0.2) is 16.9 Å². The van der Waals surface area contributed by atoms with Gasteiger partial charge in [-0.1, -0.05) is 13.8 Å². The van der Waals surface area contributed by atoms with Gasteiger partial charge in [-0.3, -0.25) is 14.4 Å². The van der Waals surface area contributed by atoms with Crippen LogP contribution in [0, 0.1) is 16.7 Å². The predicted molar refractivity (Wildman–Crippen MR) is 126 cm³/mol. The van der Waals surface area contributed by atoms with Gasteiger partial charge in [0.2, 0.25) is 5.91 Å². The number of alkyl halides is 6. The number of carboxylic acids is 1. The minimum absolute atomic E-state index is 0.123. The summed E-state index contributed by atoms with van der Waals surface area (Å²) in [7, 11) is 0. The molecule has 2 aliphatic carbocycles. The van der Waals surface area contributed by atoms with Crippen molar-refractivity contribution in [1.29, 1.82) is 0 Å². The number of amides is 2. The van der Waals surface area contributed by atoms with Crippen molar-refractivity contribution >= 4 is 23.6 Å². The van der Waals surface area contributed by atoms with Crippen LogP contribution in [0.15, 0.2) is 12.1 Å². The zero-order valence-corrected chi connectivity index (χ0v) is 21.5. The van der Waals surface area contributed by atoms with Crippen LogP contribution in [0.1, 0.15) is 56.4 Å². The number of nitrogens with one attached hydrogen (secondary N) is 1. The number of carbonyl (C=O) groups is 3. The third kappa shape index (κ3) is 6.72. The lowest BCUT2D eigenvalue weighted by Crippen LogP contribution is -2.53. The van der Waals surface area contributed by atoms with Gasteiger partial charge in [-0.05, 0) is 50.2 Å². The van der Waals surface area contributed by atoms with Gasteiger partial charge in [0.25, 0.3) is 5.91 Å². The van der Waals surface area contributed by atoms with Crippen molar-refractivity contribution in [2.45, 2.75) is 58.3 Å². The standard InChI is InChI=1S/C19H26F3N5O2.C5H5F3O2/c1-13(2)5-8-23-16(28)14-3-4-15(25-24-14)26-9-11-27(12-10-26)17(29)18(6-7-18)19(20,21)22;6-5(7,8)4(1-2-4)3(9)10/h3-4,13H,5-12H2,1-2H3,(H,23,28);1-2H2,(H,9,10). The van der Waals surface area contributed by atoms with Gasteiger partial charge in [0.05, 0.1) is 0 Å². The molecule has 2 heterocycles. The van der Waals surface area contributed by atoms with Gasteiger partial charge < -0.3 is 20.2 Å². The molecule has 0 aromatic carbocycles. The van der Waals surface area contributed by atoms with E-state index in [1.54, 1.807) is 12.1 Å². The number of aromatic nitrogens is 2. The fourth-order valence-corrected chi connectivity index (χ4v) is 4.11. The van der Waals surface area contributed by atoms with E-state index >= 15 is 0 Å². The van der Waals surface area contributed by atoms with Gasteiger partial charge in [0, 0.05) is 32.7 Å². The van der Waals surface area contributed by atoms with E-state index in [2.05, 4.69) is 29.4 Å². The molecule has 1 saturated heterocycles. The van der Waals surface area contributed by atoms with Gasteiger partial charge >= 0.3 is 18.3 Å². The lowest BCUT2D eigenvalue weighted by molar-refractivity contribution is -0.203. The van der Waals surface area contributed by atoms with Crippen LogP contribution >= 0.6 is 0 Å². The van der Waals surface area contributed by atoms with Crippen molar-refractivity contribution in [3.63, 3.8) is 0 Å². The molecular weight excluding hydrogens is 536 g/mol. The largest absolute Gasteiger partial charge is 0.481 e. The number of carbonyl (C=O) groups excluding carboxylic acids is 2. The summed E-state index contributed by atoms with van der Waals surface area (Å²) in [5, 5.41) is 18.9. The smallest absolute Gasteiger partial charge is 0.404 e. The average molecular weight is 568 g/mol. The van der Waals surface area contributed by atoms with E-state index in [0.29, 0.717) is 31.4 Å². The Morgan fingerprint density at radius 2 is 1.46 bits per heavy atom. The molecule has 218 valence electrons. The third-order valence-electron chi connectivity index (χ3n) is 7.19. The molecule has 39 heavy (non-hydrogen) atoms. The fourth-order valence-electron chi connectivity index (χ4n) is 4.11. The molecule has 0 bridgehead atoms. The molecule has 1 aromatic heterocycles. The molecule has 0 unspecified atom stereocenters. The molecule has 1 aliphatic heterocycles. The Morgan fingerprint density at radius 1 is 0.923 bits per heavy atom. The molecule has 2 amide bonds. The summed E-state index contributed by atoms with van der Waals surface area (Å²) in [6.07, 6.45) is -8.98. The van der Waals surface area contributed by atoms with Crippen molar-refractivity contribution in [3.8, 4) is 0 Å². The summed E-state index contributed by atoms with van der Waals surface area (Å²) in [5.74, 6) is -1.83. The van der Waals surface area contributed by atoms with E-state index in [0.717, 1.165) is 6.42 Å². The highest BCUT2D eigenvalue weighted by atomic mass is 19.4. The number of carboxylic acid groups (broad SMARTS) is 1. The number of hydrogen-bond donors (Lipinski definition) is 2. The Balaban J connectivity index is 0.000000353. The highest BCUT2D eigenvalue weighted by Gasteiger charge is 2.70. The zero-order chi connectivity index (χ0) is 29.2. The van der Waals surface area contributed by atoms with Gasteiger partial charge in [-0.2, -0.15) is 26.3 Å². The van der Waals surface area contributed by atoms with Crippen molar-refractivity contribution in [2.24, 2.45) is 16.7 Å². The maximum atomic E-state index is 13.2. The van der Waals surface area contributed by atoms with Crippen molar-refractivity contribution in [3.05, 3.63) is 17.8 Å². The van der Waals surface area contributed by atoms with Crippen LogP contribution in [0.25, 0.3) is 0 Å². The highest BCUT2D eigenvalue weighted by molar-refractivity contribution is 5.92. The Labute approximate surface area is 220 Å². The first-order valence-electron chi connectivity index (χ1n) is 12.6. The van der Waals surface area contributed by atoms with Crippen LogP contribution in [0.3, 0.4) is 0 Å². The number of nitrogens with zero attached hydrogens (tertiary/aromatic N) is 4. The van der Waals surface area contributed by atoms with Crippen LogP contribution in [0.4, 0.5) is 32.2 Å². The molecule has 4 rings (SSSR count). The van der Waals surface area contributed by atoms with Crippen molar-refractivity contribution in [2.75, 3.05) is 37.6 Å². The summed E-state index contributed by atoms with van der Waals surface area (Å²) < 4.78 is 74.8. The van der Waals surface area contributed by atoms with E-state index in [-0.39, 0.29) is 50.4 Å². The van der Waals surface area contributed by atoms with E-state index in [1.807, 2.05) is 4.90 Å². The van der Waals surface area contributed by atoms with Crippen molar-refractivity contribution in [1.82, 2.24) is 20.4 Å². The summed E-state index contributed by atoms with van der Waals surface area (Å²) in [4.78, 5) is 37.5. The lowest BCUT2D eigenvalue weighted by atomic mass is 10.0. The summed E-state index contributed by atoms with van der Waals surface area (Å²) >= 11 is 0. The number of anilines is 1. The Morgan fingerprint density at radius 3 is 1.82 bits per heavy atom. The molecule has 9 nitrogen and oxygen atoms in total. The SMILES string of the molecule is CC(C)CCNC(=O)c1ccc(N2CCN(C(=O)C3(C(F)(F)F)CC3)CC2)nn1.O=C(O)C1(C(F)(F)F)CC1. The first kappa shape index (κ1) is 30.4. The molecule has 0 spiro atoms. The molecule has 0 atom stereocenters. The maximum absolute atomic E-state index is 13.2. The first-order valence-corrected chi connectivity index (χ1v) is 12.6. The monoisotopic (exact) mass is 567 g/mol. The second kappa shape index (κ2) is 11.2. The molecule has 3 fully saturated rings. The minimum atomic E-state index is -4.57. The van der Waals surface area contributed by atoms with Gasteiger partial charge in [0.1, 0.15) is 5.41 Å². The van der Waals surface area contributed by atoms with Crippen LogP contribution in [0.5, 0.6) is 0 Å². The molecule has 0 radical (unpaired) electrons. The Bertz CT molecular complexity index is 1040. The zero-order valence-electron chi connectivity index (χ0n) is 21.5. The normalized spacial score (nSPS) is 19.6. The van der Waals surface area contributed by atoms with Crippen LogP contribution < -0.4 is 10.2 Å². The first-order chi connectivity index (χ1) is 18.0. The van der Waals surface area contributed by atoms with E-state index < -0.39 is 35.1 Å². The van der Waals surface area contributed by atoms with E-state index in [1.165, 1.54) is 4.90 Å². The number of hydrogen-bond acceptors (Lipinski definition) is 6. The molecule has 2 saturated carbocycles. The third-order valence-corrected chi connectivity index (χ3v) is 7.19. The second-order valence-electron chi connectivity index (χ2n) is 10.5. The topological polar surface area (TPSA) is 116 Å². The molecule has 1 aromatic rings. The number of piperazine rings is 1. The van der Waals surface area contributed by atoms with Crippen LogP contribution in [-0.2, 0) is 9.59 Å². The molecule has 2 N–H and O–H groups in total. The lowest BCUT2D eigenvalue weighted by Gasteiger charge is -2.37. The number of rotatable bonds is 7. The number of aliphatic carboxylic acids is 1. The number of halogens is 6. The van der Waals surface area contributed by atoms with Crippen LogP contribution in [-0.4, -0.2) is 83.1 Å². The molecular formula is C24H31F6N5O4. The van der Waals surface area contributed by atoms with E-state index in [4.69, 9.17) is 5.11 Å². The average Bonchev–Trinajstić information content (AvgIpc) is 3.76. The predicted octanol–water partition coefficient (Wildman–Crippen LogP) is 3.66. The van der Waals surface area contributed by atoms with E-state index in [9.17, 15) is 40.7 Å². The second-order valence-corrected chi connectivity index (χ2v) is 10.5. The maximum Gasteiger partial charge on any atom is 0.404 e. The van der Waals surface area contributed by atoms with Crippen LogP contribution in [0.2, 0.25) is 0 Å². The molecule has 15 heteroatoms. The van der Waals surface area contributed by atoms with Crippen molar-refractivity contribution < 1.29 is 45.8 Å². The highest BCUT2D eigenvalue weighted by Crippen LogP contribution is 2.59. The van der Waals surface area contributed by atoms with Gasteiger partial charge in [-0.25, -0.2) is 0 Å². The fraction of sp³-hybridized carbons (Fsp3) is 0.708. The summed E-state index contributed by atoms with van der Waals surface area (Å²) in [6.45, 7) is 5.85. The quantitative estimate of drug-likeness (QED) is 0.484. The minimum Gasteiger partial charge on any atom is -0.481 e. The molecule has 3 aliphatic rings.